The van der Waals surface area contributed by atoms with E-state index in [1.165, 1.54) is 24.0 Å². The molecule has 3 heteroatoms. The van der Waals surface area contributed by atoms with Gasteiger partial charge in [0.15, 0.2) is 0 Å². The molecule has 1 fully saturated rings. The van der Waals surface area contributed by atoms with Crippen LogP contribution in [0.3, 0.4) is 0 Å². The van der Waals surface area contributed by atoms with Crippen LogP contribution in [0.4, 0.5) is 0 Å². The molecular weight excluding hydrogens is 236 g/mol. The maximum Gasteiger partial charge on any atom is 0.0589 e. The third kappa shape index (κ3) is 4.60. The molecule has 0 saturated heterocycles. The van der Waals surface area contributed by atoms with Crippen LogP contribution in [-0.4, -0.2) is 44.8 Å². The van der Waals surface area contributed by atoms with Gasteiger partial charge in [-0.2, -0.15) is 0 Å². The molecule has 106 valence electrons. The Bertz CT molecular complexity index is 377. The van der Waals surface area contributed by atoms with Gasteiger partial charge in [0.2, 0.25) is 0 Å². The van der Waals surface area contributed by atoms with E-state index in [0.29, 0.717) is 0 Å². The van der Waals surface area contributed by atoms with Crippen LogP contribution in [0.25, 0.3) is 0 Å². The van der Waals surface area contributed by atoms with Crippen molar-refractivity contribution in [3.8, 4) is 0 Å². The molecule has 0 atom stereocenters. The summed E-state index contributed by atoms with van der Waals surface area (Å²) in [6.07, 6.45) is 3.81. The van der Waals surface area contributed by atoms with E-state index in [0.717, 1.165) is 38.7 Å². The number of rotatable bonds is 9. The van der Waals surface area contributed by atoms with E-state index >= 15 is 0 Å². The molecule has 3 nitrogen and oxygen atoms in total. The first-order chi connectivity index (χ1) is 9.35. The highest BCUT2D eigenvalue weighted by molar-refractivity contribution is 5.27. The van der Waals surface area contributed by atoms with Crippen molar-refractivity contribution in [3.05, 3.63) is 35.4 Å². The lowest BCUT2D eigenvalue weighted by molar-refractivity contribution is 0.139. The molecule has 1 aromatic carbocycles. The molecule has 0 radical (unpaired) electrons. The van der Waals surface area contributed by atoms with Gasteiger partial charge >= 0.3 is 0 Å². The number of ether oxygens (including phenoxy) is 1. The topological polar surface area (TPSA) is 24.5 Å². The van der Waals surface area contributed by atoms with Crippen LogP contribution in [0, 0.1) is 0 Å². The van der Waals surface area contributed by atoms with Crippen LogP contribution < -0.4 is 5.32 Å². The maximum atomic E-state index is 5.23. The van der Waals surface area contributed by atoms with Gasteiger partial charge in [-0.3, -0.25) is 4.90 Å². The second-order valence-corrected chi connectivity index (χ2v) is 5.32. The van der Waals surface area contributed by atoms with Crippen LogP contribution in [0.1, 0.15) is 24.0 Å². The second-order valence-electron chi connectivity index (χ2n) is 5.32. The maximum absolute atomic E-state index is 5.23. The fourth-order valence-electron chi connectivity index (χ4n) is 2.47. The van der Waals surface area contributed by atoms with Crippen molar-refractivity contribution in [1.82, 2.24) is 10.2 Å². The predicted molar refractivity (Wildman–Crippen MR) is 79.4 cm³/mol. The van der Waals surface area contributed by atoms with E-state index in [2.05, 4.69) is 34.5 Å². The van der Waals surface area contributed by atoms with Crippen molar-refractivity contribution in [3.63, 3.8) is 0 Å². The number of hydrogen-bond acceptors (Lipinski definition) is 3. The molecule has 1 N–H and O–H groups in total. The van der Waals surface area contributed by atoms with E-state index in [1.807, 2.05) is 7.05 Å². The first kappa shape index (κ1) is 14.5. The van der Waals surface area contributed by atoms with Crippen LogP contribution in [0.5, 0.6) is 0 Å². The number of nitrogens with one attached hydrogen (secondary N) is 1. The number of benzene rings is 1. The van der Waals surface area contributed by atoms with Crippen molar-refractivity contribution in [2.75, 3.05) is 33.9 Å². The van der Waals surface area contributed by atoms with E-state index in [1.54, 1.807) is 7.11 Å². The Morgan fingerprint density at radius 1 is 1.26 bits per heavy atom. The summed E-state index contributed by atoms with van der Waals surface area (Å²) in [4.78, 5) is 2.57. The van der Waals surface area contributed by atoms with Crippen molar-refractivity contribution in [1.29, 1.82) is 0 Å². The van der Waals surface area contributed by atoms with Gasteiger partial charge in [-0.1, -0.05) is 24.3 Å². The zero-order valence-electron chi connectivity index (χ0n) is 12.2. The summed E-state index contributed by atoms with van der Waals surface area (Å²) in [7, 11) is 3.80. The van der Waals surface area contributed by atoms with Gasteiger partial charge in [0.1, 0.15) is 0 Å². The Morgan fingerprint density at radius 2 is 2.00 bits per heavy atom. The zero-order valence-corrected chi connectivity index (χ0v) is 12.2. The Labute approximate surface area is 116 Å². The van der Waals surface area contributed by atoms with Gasteiger partial charge in [-0.25, -0.2) is 0 Å². The molecule has 0 aliphatic heterocycles. The van der Waals surface area contributed by atoms with Crippen LogP contribution in [0.2, 0.25) is 0 Å². The first-order valence-corrected chi connectivity index (χ1v) is 7.29. The van der Waals surface area contributed by atoms with Gasteiger partial charge in [0, 0.05) is 26.2 Å². The standard InChI is InChI=1S/C16H26N2O/c1-17-10-9-14-5-3-4-6-15(14)13-18(11-12-19-2)16-7-8-16/h3-6,16-17H,7-13H2,1-2H3. The van der Waals surface area contributed by atoms with E-state index < -0.39 is 0 Å². The third-order valence-corrected chi connectivity index (χ3v) is 3.78. The summed E-state index contributed by atoms with van der Waals surface area (Å²) in [6, 6.07) is 9.61. The van der Waals surface area contributed by atoms with Crippen molar-refractivity contribution >= 4 is 0 Å². The third-order valence-electron chi connectivity index (χ3n) is 3.78. The van der Waals surface area contributed by atoms with Gasteiger partial charge in [0.05, 0.1) is 6.61 Å². The summed E-state index contributed by atoms with van der Waals surface area (Å²) in [5.41, 5.74) is 2.95. The molecule has 0 amide bonds. The molecule has 0 spiro atoms. The Morgan fingerprint density at radius 3 is 2.63 bits per heavy atom. The molecule has 0 unspecified atom stereocenters. The smallest absolute Gasteiger partial charge is 0.0589 e. The summed E-state index contributed by atoms with van der Waals surface area (Å²) >= 11 is 0. The number of likely N-dealkylation sites (N-methyl/N-ethyl adjacent to an activating group) is 1. The molecule has 1 saturated carbocycles. The van der Waals surface area contributed by atoms with Gasteiger partial charge in [0.25, 0.3) is 0 Å². The molecule has 0 aromatic heterocycles. The number of methoxy groups -OCH3 is 1. The Balaban J connectivity index is 1.98. The average molecular weight is 262 g/mol. The lowest BCUT2D eigenvalue weighted by Gasteiger charge is -2.23. The average Bonchev–Trinajstić information content (AvgIpc) is 3.26. The fourth-order valence-corrected chi connectivity index (χ4v) is 2.47. The first-order valence-electron chi connectivity index (χ1n) is 7.29. The summed E-state index contributed by atoms with van der Waals surface area (Å²) in [5, 5.41) is 3.23. The van der Waals surface area contributed by atoms with Crippen molar-refractivity contribution < 1.29 is 4.74 Å². The SMILES string of the molecule is CNCCc1ccccc1CN(CCOC)C1CC1. The van der Waals surface area contributed by atoms with Crippen molar-refractivity contribution in [2.24, 2.45) is 0 Å². The quantitative estimate of drug-likeness (QED) is 0.737. The monoisotopic (exact) mass is 262 g/mol. The lowest BCUT2D eigenvalue weighted by Crippen LogP contribution is -2.29. The molecular formula is C16H26N2O. The van der Waals surface area contributed by atoms with Crippen LogP contribution in [0.15, 0.2) is 24.3 Å². The molecule has 0 heterocycles. The van der Waals surface area contributed by atoms with Gasteiger partial charge in [-0.05, 0) is 44.0 Å². The fraction of sp³-hybridized carbons (Fsp3) is 0.625. The van der Waals surface area contributed by atoms with E-state index in [9.17, 15) is 0 Å². The van der Waals surface area contributed by atoms with E-state index in [-0.39, 0.29) is 0 Å². The highest BCUT2D eigenvalue weighted by Crippen LogP contribution is 2.28. The normalized spacial score (nSPS) is 15.1. The minimum atomic E-state index is 0.785. The molecule has 1 aromatic rings. The lowest BCUT2D eigenvalue weighted by atomic mass is 10.0. The molecule has 1 aliphatic rings. The molecule has 19 heavy (non-hydrogen) atoms. The Hall–Kier alpha value is -0.900. The summed E-state index contributed by atoms with van der Waals surface area (Å²) in [5.74, 6) is 0. The number of nitrogens with zero attached hydrogens (tertiary/aromatic N) is 1. The van der Waals surface area contributed by atoms with Crippen LogP contribution in [-0.2, 0) is 17.7 Å². The zero-order chi connectivity index (χ0) is 13.5. The van der Waals surface area contributed by atoms with Crippen molar-refractivity contribution in [2.45, 2.75) is 31.8 Å². The Kier molecular flexibility index (Phi) is 5.83. The van der Waals surface area contributed by atoms with E-state index in [4.69, 9.17) is 4.74 Å². The molecule has 0 bridgehead atoms. The summed E-state index contributed by atoms with van der Waals surface area (Å²) < 4.78 is 5.23. The minimum absolute atomic E-state index is 0.785. The highest BCUT2D eigenvalue weighted by atomic mass is 16.5. The van der Waals surface area contributed by atoms with Gasteiger partial charge < -0.3 is 10.1 Å². The predicted octanol–water partition coefficient (Wildman–Crippen LogP) is 2.06. The van der Waals surface area contributed by atoms with Gasteiger partial charge in [-0.15, -0.1) is 0 Å². The second kappa shape index (κ2) is 7.63. The van der Waals surface area contributed by atoms with Crippen LogP contribution >= 0.6 is 0 Å². The summed E-state index contributed by atoms with van der Waals surface area (Å²) in [6.45, 7) is 3.98. The highest BCUT2D eigenvalue weighted by Gasteiger charge is 2.28. The number of hydrogen-bond donors (Lipinski definition) is 1. The largest absolute Gasteiger partial charge is 0.383 e. The molecule has 2 rings (SSSR count). The molecule has 1 aliphatic carbocycles. The minimum Gasteiger partial charge on any atom is -0.383 e.